The van der Waals surface area contributed by atoms with Gasteiger partial charge in [0.15, 0.2) is 0 Å². The highest BCUT2D eigenvalue weighted by molar-refractivity contribution is 6.05. The van der Waals surface area contributed by atoms with Crippen LogP contribution in [-0.2, 0) is 5.60 Å². The Hall–Kier alpha value is -3.16. The molecule has 0 aliphatic carbocycles. The number of hydrogen-bond donors (Lipinski definition) is 2. The van der Waals surface area contributed by atoms with E-state index in [1.54, 1.807) is 32.2 Å². The summed E-state index contributed by atoms with van der Waals surface area (Å²) in [5.74, 6) is -0.104. The van der Waals surface area contributed by atoms with Gasteiger partial charge in [-0.2, -0.15) is 8.78 Å². The van der Waals surface area contributed by atoms with Gasteiger partial charge in [0.2, 0.25) is 0 Å². The maximum Gasteiger partial charge on any atom is 0.387 e. The van der Waals surface area contributed by atoms with Gasteiger partial charge in [0.1, 0.15) is 11.4 Å². The fraction of sp³-hybridized carbons (Fsp3) is 0.379. The van der Waals surface area contributed by atoms with Crippen LogP contribution in [0.15, 0.2) is 53.7 Å². The van der Waals surface area contributed by atoms with Crippen molar-refractivity contribution in [1.29, 1.82) is 0 Å². The van der Waals surface area contributed by atoms with Crippen LogP contribution in [0.25, 0.3) is 11.1 Å². The van der Waals surface area contributed by atoms with Crippen molar-refractivity contribution in [2.45, 2.75) is 71.3 Å². The molecule has 2 aliphatic rings. The van der Waals surface area contributed by atoms with Gasteiger partial charge < -0.3 is 15.2 Å². The van der Waals surface area contributed by atoms with Gasteiger partial charge in [-0.05, 0) is 80.6 Å². The van der Waals surface area contributed by atoms with Crippen LogP contribution in [-0.4, -0.2) is 28.5 Å². The molecule has 2 aliphatic heterocycles. The van der Waals surface area contributed by atoms with Crippen molar-refractivity contribution in [2.75, 3.05) is 0 Å². The molecule has 0 unspecified atom stereocenters. The highest BCUT2D eigenvalue weighted by Crippen LogP contribution is 2.49. The van der Waals surface area contributed by atoms with Gasteiger partial charge in [-0.3, -0.25) is 9.98 Å². The fourth-order valence-corrected chi connectivity index (χ4v) is 5.64. The first-order valence-corrected chi connectivity index (χ1v) is 12.3. The van der Waals surface area contributed by atoms with E-state index < -0.39 is 12.2 Å². The Kier molecular flexibility index (Phi) is 6.17. The normalized spacial score (nSPS) is 20.9. The third kappa shape index (κ3) is 4.20. The molecule has 0 fully saturated rings. The lowest BCUT2D eigenvalue weighted by Crippen LogP contribution is -2.37. The number of alkyl halides is 2. The lowest BCUT2D eigenvalue weighted by molar-refractivity contribution is -0.0505. The van der Waals surface area contributed by atoms with Crippen LogP contribution in [0.5, 0.6) is 5.75 Å². The first-order chi connectivity index (χ1) is 17.1. The van der Waals surface area contributed by atoms with Gasteiger partial charge in [-0.15, -0.1) is 0 Å². The van der Waals surface area contributed by atoms with Crippen LogP contribution in [0.4, 0.5) is 14.5 Å². The Balaban J connectivity index is 1.67. The van der Waals surface area contributed by atoms with E-state index >= 15 is 0 Å². The number of aromatic nitrogens is 1. The first-order valence-electron chi connectivity index (χ1n) is 12.3. The summed E-state index contributed by atoms with van der Waals surface area (Å²) in [4.78, 5) is 9.54. The Morgan fingerprint density at radius 1 is 1.11 bits per heavy atom. The van der Waals surface area contributed by atoms with Gasteiger partial charge in [0, 0.05) is 35.1 Å². The number of hydrogen-bond acceptors (Lipinski definition) is 5. The molecule has 36 heavy (non-hydrogen) atoms. The molecular formula is C29H31F2N3O2. The van der Waals surface area contributed by atoms with Crippen LogP contribution >= 0.6 is 0 Å². The zero-order valence-electron chi connectivity index (χ0n) is 21.1. The maximum atomic E-state index is 13.4. The Morgan fingerprint density at radius 2 is 1.89 bits per heavy atom. The number of aryl methyl sites for hydroxylation is 1. The van der Waals surface area contributed by atoms with E-state index in [1.807, 2.05) is 38.1 Å². The second-order valence-corrected chi connectivity index (χ2v) is 10.2. The number of aliphatic hydroxyl groups is 1. The molecule has 3 heterocycles. The SMILES string of the molecule is CC[C@H]1N[C@@H](C)c2cccc(OC(F)F)c2[C@@H]2C1=Nc1ccc(-c3cnc(C(C)(C)O)c(C)c3)cc12. The lowest BCUT2D eigenvalue weighted by Gasteiger charge is -2.22. The number of ether oxygens (including phenoxy) is 1. The molecule has 0 amide bonds. The topological polar surface area (TPSA) is 66.7 Å². The minimum Gasteiger partial charge on any atom is -0.434 e. The number of benzene rings is 2. The lowest BCUT2D eigenvalue weighted by atomic mass is 9.82. The number of halogens is 2. The summed E-state index contributed by atoms with van der Waals surface area (Å²) in [5, 5.41) is 14.1. The number of aliphatic imine (C=N–C) groups is 1. The number of nitrogens with zero attached hydrogens (tertiary/aromatic N) is 2. The number of pyridine rings is 1. The molecule has 0 saturated heterocycles. The van der Waals surface area contributed by atoms with Crippen molar-refractivity contribution in [3.63, 3.8) is 0 Å². The van der Waals surface area contributed by atoms with E-state index in [1.165, 1.54) is 0 Å². The predicted octanol–water partition coefficient (Wildman–Crippen LogP) is 6.55. The van der Waals surface area contributed by atoms with E-state index in [-0.39, 0.29) is 23.8 Å². The monoisotopic (exact) mass is 491 g/mol. The zero-order valence-corrected chi connectivity index (χ0v) is 21.1. The molecule has 2 N–H and O–H groups in total. The summed E-state index contributed by atoms with van der Waals surface area (Å²) in [6.07, 6.45) is 2.59. The molecule has 0 radical (unpaired) electrons. The molecule has 188 valence electrons. The van der Waals surface area contributed by atoms with Gasteiger partial charge >= 0.3 is 6.61 Å². The zero-order chi connectivity index (χ0) is 25.8. The molecule has 7 heteroatoms. The van der Waals surface area contributed by atoms with Crippen LogP contribution in [0.3, 0.4) is 0 Å². The van der Waals surface area contributed by atoms with E-state index in [4.69, 9.17) is 9.73 Å². The van der Waals surface area contributed by atoms with Gasteiger partial charge in [-0.1, -0.05) is 25.1 Å². The van der Waals surface area contributed by atoms with E-state index in [0.29, 0.717) is 5.69 Å². The average Bonchev–Trinajstić information content (AvgIpc) is 3.13. The molecule has 2 aromatic carbocycles. The third-order valence-corrected chi connectivity index (χ3v) is 7.16. The summed E-state index contributed by atoms with van der Waals surface area (Å²) in [5.41, 5.74) is 6.78. The van der Waals surface area contributed by atoms with E-state index in [2.05, 4.69) is 23.3 Å². The van der Waals surface area contributed by atoms with E-state index in [0.717, 1.165) is 51.2 Å². The average molecular weight is 492 g/mol. The summed E-state index contributed by atoms with van der Waals surface area (Å²) < 4.78 is 31.9. The minimum absolute atomic E-state index is 0.00244. The fourth-order valence-electron chi connectivity index (χ4n) is 5.64. The Labute approximate surface area is 210 Å². The summed E-state index contributed by atoms with van der Waals surface area (Å²) in [6, 6.07) is 13.4. The Morgan fingerprint density at radius 3 is 2.56 bits per heavy atom. The minimum atomic E-state index is -2.92. The van der Waals surface area contributed by atoms with Crippen molar-refractivity contribution in [3.05, 3.63) is 76.6 Å². The van der Waals surface area contributed by atoms with Crippen molar-refractivity contribution in [3.8, 4) is 16.9 Å². The van der Waals surface area contributed by atoms with Crippen molar-refractivity contribution >= 4 is 11.4 Å². The summed E-state index contributed by atoms with van der Waals surface area (Å²) in [7, 11) is 0. The largest absolute Gasteiger partial charge is 0.434 e. The van der Waals surface area contributed by atoms with Crippen LogP contribution in [0.2, 0.25) is 0 Å². The van der Waals surface area contributed by atoms with Crippen molar-refractivity contribution < 1.29 is 18.6 Å². The summed E-state index contributed by atoms with van der Waals surface area (Å²) >= 11 is 0. The van der Waals surface area contributed by atoms with Crippen LogP contribution in [0.1, 0.15) is 74.0 Å². The maximum absolute atomic E-state index is 13.4. The number of fused-ring (bicyclic) bond motifs is 5. The van der Waals surface area contributed by atoms with Crippen molar-refractivity contribution in [2.24, 2.45) is 4.99 Å². The molecule has 0 spiro atoms. The van der Waals surface area contributed by atoms with Crippen LogP contribution in [0, 0.1) is 6.92 Å². The van der Waals surface area contributed by atoms with Gasteiger partial charge in [0.25, 0.3) is 0 Å². The number of rotatable bonds is 5. The second-order valence-electron chi connectivity index (χ2n) is 10.2. The molecule has 1 aromatic heterocycles. The molecule has 3 atom stereocenters. The van der Waals surface area contributed by atoms with Gasteiger partial charge in [-0.25, -0.2) is 0 Å². The molecular weight excluding hydrogens is 460 g/mol. The molecule has 5 nitrogen and oxygen atoms in total. The van der Waals surface area contributed by atoms with Crippen LogP contribution < -0.4 is 10.1 Å². The standard InChI is InChI=1S/C29H31F2N3O2/c1-6-21-26-25(24-19(16(3)33-21)8-7-9-23(24)36-28(30)31)20-13-17(10-11-22(20)34-26)18-12-15(2)27(32-14-18)29(4,5)35/h7-14,16,21,25,28,33,35H,6H2,1-5H3/t16-,21+,25+/m0/s1. The van der Waals surface area contributed by atoms with Gasteiger partial charge in [0.05, 0.1) is 17.3 Å². The molecule has 0 bridgehead atoms. The molecule has 5 rings (SSSR count). The smallest absolute Gasteiger partial charge is 0.387 e. The quantitative estimate of drug-likeness (QED) is 0.425. The number of nitrogens with one attached hydrogen (secondary N) is 1. The van der Waals surface area contributed by atoms with Crippen molar-refractivity contribution in [1.82, 2.24) is 10.3 Å². The molecule has 0 saturated carbocycles. The Bertz CT molecular complexity index is 1350. The highest BCUT2D eigenvalue weighted by Gasteiger charge is 2.40. The highest BCUT2D eigenvalue weighted by atomic mass is 19.3. The first kappa shape index (κ1) is 24.5. The third-order valence-electron chi connectivity index (χ3n) is 7.16. The molecule has 3 aromatic rings. The summed E-state index contributed by atoms with van der Waals surface area (Å²) in [6.45, 7) is 6.61. The predicted molar refractivity (Wildman–Crippen MR) is 137 cm³/mol. The second kappa shape index (κ2) is 9.05. The van der Waals surface area contributed by atoms with E-state index in [9.17, 15) is 13.9 Å².